The van der Waals surface area contributed by atoms with E-state index in [4.69, 9.17) is 20.6 Å². The van der Waals surface area contributed by atoms with Gasteiger partial charge in [0, 0.05) is 12.2 Å². The van der Waals surface area contributed by atoms with E-state index in [0.717, 1.165) is 12.1 Å². The van der Waals surface area contributed by atoms with E-state index in [1.807, 2.05) is 13.8 Å². The standard InChI is InChI=1S/C13H18F2N2O2/c1-8(2)7-18-3-4-19-12-10(14)5-9(13(16)17)6-11(12)15/h5-6,8H,3-4,7H2,1-2H3,(H3,16,17). The number of benzene rings is 1. The summed E-state index contributed by atoms with van der Waals surface area (Å²) in [5.41, 5.74) is 5.14. The number of hydrogen-bond donors (Lipinski definition) is 2. The number of ether oxygens (including phenoxy) is 2. The van der Waals surface area contributed by atoms with Crippen molar-refractivity contribution in [3.63, 3.8) is 0 Å². The summed E-state index contributed by atoms with van der Waals surface area (Å²) < 4.78 is 37.3. The second-order valence-electron chi connectivity index (χ2n) is 4.50. The van der Waals surface area contributed by atoms with Gasteiger partial charge in [-0.15, -0.1) is 0 Å². The van der Waals surface area contributed by atoms with Crippen molar-refractivity contribution in [2.75, 3.05) is 19.8 Å². The number of halogens is 2. The molecule has 1 aromatic carbocycles. The van der Waals surface area contributed by atoms with Gasteiger partial charge in [-0.1, -0.05) is 13.8 Å². The summed E-state index contributed by atoms with van der Waals surface area (Å²) in [6.07, 6.45) is 0. The third kappa shape index (κ3) is 4.82. The first-order valence-electron chi connectivity index (χ1n) is 5.95. The lowest BCUT2D eigenvalue weighted by Crippen LogP contribution is -2.14. The molecule has 0 aliphatic rings. The summed E-state index contributed by atoms with van der Waals surface area (Å²) in [5.74, 6) is -2.24. The molecule has 3 N–H and O–H groups in total. The Labute approximate surface area is 111 Å². The predicted octanol–water partition coefficient (Wildman–Crippen LogP) is 2.30. The molecule has 0 bridgehead atoms. The summed E-state index contributed by atoms with van der Waals surface area (Å²) >= 11 is 0. The van der Waals surface area contributed by atoms with Crippen LogP contribution >= 0.6 is 0 Å². The molecule has 0 amide bonds. The van der Waals surface area contributed by atoms with Crippen molar-refractivity contribution in [2.24, 2.45) is 11.7 Å². The van der Waals surface area contributed by atoms with Crippen molar-refractivity contribution in [3.05, 3.63) is 29.3 Å². The Morgan fingerprint density at radius 3 is 2.32 bits per heavy atom. The molecule has 0 spiro atoms. The lowest BCUT2D eigenvalue weighted by molar-refractivity contribution is 0.0795. The Morgan fingerprint density at radius 1 is 1.26 bits per heavy atom. The van der Waals surface area contributed by atoms with Gasteiger partial charge < -0.3 is 15.2 Å². The largest absolute Gasteiger partial charge is 0.485 e. The zero-order valence-corrected chi connectivity index (χ0v) is 11.0. The van der Waals surface area contributed by atoms with Crippen LogP contribution in [-0.4, -0.2) is 25.7 Å². The van der Waals surface area contributed by atoms with E-state index in [-0.39, 0.29) is 18.8 Å². The molecule has 0 aliphatic carbocycles. The summed E-state index contributed by atoms with van der Waals surface area (Å²) in [7, 11) is 0. The van der Waals surface area contributed by atoms with Gasteiger partial charge in [0.25, 0.3) is 0 Å². The van der Waals surface area contributed by atoms with Crippen LogP contribution in [0.25, 0.3) is 0 Å². The van der Waals surface area contributed by atoms with Crippen LogP contribution < -0.4 is 10.5 Å². The quantitative estimate of drug-likeness (QED) is 0.454. The van der Waals surface area contributed by atoms with Crippen molar-refractivity contribution in [3.8, 4) is 5.75 Å². The van der Waals surface area contributed by atoms with Gasteiger partial charge in [0.1, 0.15) is 12.4 Å². The van der Waals surface area contributed by atoms with Gasteiger partial charge in [0.05, 0.1) is 6.61 Å². The van der Waals surface area contributed by atoms with Gasteiger partial charge in [-0.3, -0.25) is 5.41 Å². The van der Waals surface area contributed by atoms with E-state index in [1.54, 1.807) is 0 Å². The molecule has 0 aromatic heterocycles. The number of nitrogens with two attached hydrogens (primary N) is 1. The van der Waals surface area contributed by atoms with E-state index >= 15 is 0 Å². The number of hydrogen-bond acceptors (Lipinski definition) is 3. The van der Waals surface area contributed by atoms with Crippen LogP contribution in [-0.2, 0) is 4.74 Å². The molecule has 4 nitrogen and oxygen atoms in total. The van der Waals surface area contributed by atoms with Gasteiger partial charge in [-0.25, -0.2) is 8.78 Å². The molecule has 6 heteroatoms. The molecule has 0 aliphatic heterocycles. The highest BCUT2D eigenvalue weighted by Crippen LogP contribution is 2.23. The third-order valence-corrected chi connectivity index (χ3v) is 2.23. The van der Waals surface area contributed by atoms with Gasteiger partial charge >= 0.3 is 0 Å². The lowest BCUT2D eigenvalue weighted by Gasteiger charge is -2.11. The molecule has 0 heterocycles. The molecule has 0 atom stereocenters. The summed E-state index contributed by atoms with van der Waals surface area (Å²) in [6, 6.07) is 1.94. The second kappa shape index (κ2) is 7.04. The SMILES string of the molecule is CC(C)COCCOc1c(F)cc(C(=N)N)cc1F. The van der Waals surface area contributed by atoms with Crippen LogP contribution in [0.3, 0.4) is 0 Å². The maximum Gasteiger partial charge on any atom is 0.190 e. The highest BCUT2D eigenvalue weighted by Gasteiger charge is 2.13. The Balaban J connectivity index is 2.57. The zero-order valence-electron chi connectivity index (χ0n) is 11.0. The van der Waals surface area contributed by atoms with Crippen molar-refractivity contribution < 1.29 is 18.3 Å². The van der Waals surface area contributed by atoms with Crippen LogP contribution in [0, 0.1) is 23.0 Å². The fourth-order valence-corrected chi connectivity index (χ4v) is 1.37. The van der Waals surface area contributed by atoms with Crippen LogP contribution in [0.1, 0.15) is 19.4 Å². The molecule has 0 unspecified atom stereocenters. The number of amidine groups is 1. The Morgan fingerprint density at radius 2 is 1.84 bits per heavy atom. The molecule has 0 fully saturated rings. The van der Waals surface area contributed by atoms with E-state index < -0.39 is 23.2 Å². The Kier molecular flexibility index (Phi) is 5.69. The molecule has 106 valence electrons. The minimum absolute atomic E-state index is 0.0154. The highest BCUT2D eigenvalue weighted by molar-refractivity contribution is 5.95. The number of rotatable bonds is 7. The van der Waals surface area contributed by atoms with E-state index in [0.29, 0.717) is 12.5 Å². The molecular weight excluding hydrogens is 254 g/mol. The average Bonchev–Trinajstić information content (AvgIpc) is 2.30. The van der Waals surface area contributed by atoms with Gasteiger partial charge in [-0.05, 0) is 18.1 Å². The topological polar surface area (TPSA) is 68.3 Å². The van der Waals surface area contributed by atoms with Crippen molar-refractivity contribution >= 4 is 5.84 Å². The lowest BCUT2D eigenvalue weighted by atomic mass is 10.2. The van der Waals surface area contributed by atoms with Crippen LogP contribution in [0.5, 0.6) is 5.75 Å². The minimum atomic E-state index is -0.881. The first-order chi connectivity index (χ1) is 8.91. The minimum Gasteiger partial charge on any atom is -0.485 e. The van der Waals surface area contributed by atoms with Crippen LogP contribution in [0.15, 0.2) is 12.1 Å². The van der Waals surface area contributed by atoms with Crippen molar-refractivity contribution in [1.29, 1.82) is 5.41 Å². The summed E-state index contributed by atoms with van der Waals surface area (Å²) in [4.78, 5) is 0. The van der Waals surface area contributed by atoms with Crippen LogP contribution in [0.2, 0.25) is 0 Å². The molecule has 19 heavy (non-hydrogen) atoms. The van der Waals surface area contributed by atoms with Crippen molar-refractivity contribution in [1.82, 2.24) is 0 Å². The fraction of sp³-hybridized carbons (Fsp3) is 0.462. The number of nitrogen functional groups attached to an aromatic ring is 1. The molecular formula is C13H18F2N2O2. The summed E-state index contributed by atoms with van der Waals surface area (Å²) in [6.45, 7) is 4.88. The van der Waals surface area contributed by atoms with Gasteiger partial charge in [-0.2, -0.15) is 0 Å². The highest BCUT2D eigenvalue weighted by atomic mass is 19.1. The number of nitrogens with one attached hydrogen (secondary N) is 1. The Bertz CT molecular complexity index is 427. The summed E-state index contributed by atoms with van der Waals surface area (Å²) in [5, 5.41) is 7.12. The first kappa shape index (κ1) is 15.4. The fourth-order valence-electron chi connectivity index (χ4n) is 1.37. The maximum absolute atomic E-state index is 13.6. The van der Waals surface area contributed by atoms with Gasteiger partial charge in [0.15, 0.2) is 17.4 Å². The molecule has 0 saturated carbocycles. The van der Waals surface area contributed by atoms with Crippen LogP contribution in [0.4, 0.5) is 8.78 Å². The van der Waals surface area contributed by atoms with Crippen molar-refractivity contribution in [2.45, 2.75) is 13.8 Å². The molecule has 0 saturated heterocycles. The maximum atomic E-state index is 13.6. The average molecular weight is 272 g/mol. The van der Waals surface area contributed by atoms with E-state index in [2.05, 4.69) is 0 Å². The smallest absolute Gasteiger partial charge is 0.190 e. The first-order valence-corrected chi connectivity index (χ1v) is 5.95. The predicted molar refractivity (Wildman–Crippen MR) is 68.5 cm³/mol. The van der Waals surface area contributed by atoms with E-state index in [1.165, 1.54) is 0 Å². The van der Waals surface area contributed by atoms with E-state index in [9.17, 15) is 8.78 Å². The molecule has 1 rings (SSSR count). The third-order valence-electron chi connectivity index (χ3n) is 2.23. The zero-order chi connectivity index (χ0) is 14.4. The normalized spacial score (nSPS) is 10.8. The second-order valence-corrected chi connectivity index (χ2v) is 4.50. The van der Waals surface area contributed by atoms with Gasteiger partial charge in [0.2, 0.25) is 0 Å². The monoisotopic (exact) mass is 272 g/mol. The molecule has 1 aromatic rings. The Hall–Kier alpha value is -1.69. The molecule has 0 radical (unpaired) electrons.